The molecule has 0 radical (unpaired) electrons. The number of urea groups is 1. The van der Waals surface area contributed by atoms with E-state index in [4.69, 9.17) is 4.42 Å². The summed E-state index contributed by atoms with van der Waals surface area (Å²) >= 11 is 0. The third kappa shape index (κ3) is 4.32. The summed E-state index contributed by atoms with van der Waals surface area (Å²) in [4.78, 5) is 11.8. The number of nitrogens with zero attached hydrogens (tertiary/aromatic N) is 2. The Labute approximate surface area is 140 Å². The molecule has 3 N–H and O–H groups in total. The molecule has 7 heteroatoms. The van der Waals surface area contributed by atoms with Crippen LogP contribution in [0.2, 0.25) is 0 Å². The maximum atomic E-state index is 11.8. The largest absolute Gasteiger partial charge is 0.421 e. The van der Waals surface area contributed by atoms with Gasteiger partial charge in [-0.1, -0.05) is 31.0 Å². The Morgan fingerprint density at radius 3 is 2.67 bits per heavy atom. The van der Waals surface area contributed by atoms with Crippen LogP contribution in [0.4, 0.5) is 4.79 Å². The zero-order valence-corrected chi connectivity index (χ0v) is 13.5. The zero-order valence-electron chi connectivity index (χ0n) is 13.5. The fourth-order valence-electron chi connectivity index (χ4n) is 2.85. The monoisotopic (exact) mass is 330 g/mol. The molecule has 0 unspecified atom stereocenters. The molecule has 2 aromatic rings. The number of nitrogens with one attached hydrogen (secondary N) is 2. The number of rotatable bonds is 6. The van der Waals surface area contributed by atoms with Gasteiger partial charge in [0.2, 0.25) is 11.8 Å². The first kappa shape index (κ1) is 16.4. The van der Waals surface area contributed by atoms with Crippen LogP contribution in [-0.4, -0.2) is 40.0 Å². The maximum Gasteiger partial charge on any atom is 0.314 e. The van der Waals surface area contributed by atoms with Gasteiger partial charge >= 0.3 is 6.03 Å². The van der Waals surface area contributed by atoms with Crippen LogP contribution in [-0.2, 0) is 6.42 Å². The van der Waals surface area contributed by atoms with Crippen LogP contribution < -0.4 is 10.6 Å². The Bertz CT molecular complexity index is 665. The second-order valence-electron chi connectivity index (χ2n) is 6.16. The van der Waals surface area contributed by atoms with E-state index in [1.54, 1.807) is 0 Å². The van der Waals surface area contributed by atoms with Crippen LogP contribution in [0.5, 0.6) is 0 Å². The quantitative estimate of drug-likeness (QED) is 0.751. The van der Waals surface area contributed by atoms with Gasteiger partial charge in [0.25, 0.3) is 0 Å². The van der Waals surface area contributed by atoms with Crippen LogP contribution in [0.25, 0.3) is 11.5 Å². The van der Waals surface area contributed by atoms with Crippen molar-refractivity contribution in [2.45, 2.75) is 37.7 Å². The molecule has 1 aromatic carbocycles. The highest BCUT2D eigenvalue weighted by molar-refractivity contribution is 5.73. The van der Waals surface area contributed by atoms with Gasteiger partial charge < -0.3 is 20.2 Å². The number of amides is 2. The molecule has 0 spiro atoms. The van der Waals surface area contributed by atoms with Gasteiger partial charge in [0.05, 0.1) is 5.60 Å². The lowest BCUT2D eigenvalue weighted by atomic mass is 10.0. The van der Waals surface area contributed by atoms with Crippen LogP contribution in [0.1, 0.15) is 31.6 Å². The van der Waals surface area contributed by atoms with E-state index in [2.05, 4.69) is 20.8 Å². The summed E-state index contributed by atoms with van der Waals surface area (Å²) in [6, 6.07) is 9.24. The molecule has 1 heterocycles. The van der Waals surface area contributed by atoms with Crippen LogP contribution in [0, 0.1) is 0 Å². The number of hydrogen-bond acceptors (Lipinski definition) is 5. The van der Waals surface area contributed by atoms with Crippen molar-refractivity contribution in [1.82, 2.24) is 20.8 Å². The standard InChI is InChI=1S/C17H22N4O3/c22-16(19-12-17(23)9-4-5-10-17)18-11-8-14-20-21-15(24-14)13-6-2-1-3-7-13/h1-3,6-7,23H,4-5,8-12H2,(H2,18,19,22). The van der Waals surface area contributed by atoms with Gasteiger partial charge in [-0.05, 0) is 25.0 Å². The minimum absolute atomic E-state index is 0.289. The maximum absolute atomic E-state index is 11.8. The summed E-state index contributed by atoms with van der Waals surface area (Å²) < 4.78 is 5.57. The highest BCUT2D eigenvalue weighted by Crippen LogP contribution is 2.28. The van der Waals surface area contributed by atoms with Crippen molar-refractivity contribution in [1.29, 1.82) is 0 Å². The number of aromatic nitrogens is 2. The highest BCUT2D eigenvalue weighted by atomic mass is 16.4. The normalized spacial score (nSPS) is 16.0. The van der Waals surface area contributed by atoms with Crippen LogP contribution in [0.15, 0.2) is 34.7 Å². The van der Waals surface area contributed by atoms with Crippen molar-refractivity contribution in [3.8, 4) is 11.5 Å². The summed E-state index contributed by atoms with van der Waals surface area (Å²) in [5.41, 5.74) is 0.126. The molecule has 0 atom stereocenters. The molecule has 1 fully saturated rings. The van der Waals surface area contributed by atoms with Gasteiger partial charge in [-0.25, -0.2) is 4.79 Å². The lowest BCUT2D eigenvalue weighted by Crippen LogP contribution is -2.45. The Morgan fingerprint density at radius 1 is 1.17 bits per heavy atom. The number of aliphatic hydroxyl groups is 1. The van der Waals surface area contributed by atoms with Gasteiger partial charge in [-0.3, -0.25) is 0 Å². The van der Waals surface area contributed by atoms with E-state index >= 15 is 0 Å². The van der Waals surface area contributed by atoms with E-state index in [9.17, 15) is 9.90 Å². The molecule has 128 valence electrons. The topological polar surface area (TPSA) is 100 Å². The second kappa shape index (κ2) is 7.44. The van der Waals surface area contributed by atoms with E-state index in [-0.39, 0.29) is 12.6 Å². The molecule has 0 bridgehead atoms. The van der Waals surface area contributed by atoms with Crippen molar-refractivity contribution < 1.29 is 14.3 Å². The fourth-order valence-corrected chi connectivity index (χ4v) is 2.85. The second-order valence-corrected chi connectivity index (χ2v) is 6.16. The van der Waals surface area contributed by atoms with Gasteiger partial charge in [0.15, 0.2) is 0 Å². The summed E-state index contributed by atoms with van der Waals surface area (Å²) in [5.74, 6) is 0.946. The third-order valence-corrected chi connectivity index (χ3v) is 4.22. The van der Waals surface area contributed by atoms with E-state index < -0.39 is 5.60 Å². The zero-order chi connectivity index (χ0) is 16.8. The number of carbonyl (C=O) groups is 1. The molecule has 0 saturated heterocycles. The first-order chi connectivity index (χ1) is 11.6. The molecule has 1 aliphatic rings. The SMILES string of the molecule is O=C(NCCc1nnc(-c2ccccc2)o1)NCC1(O)CCCC1. The fraction of sp³-hybridized carbons (Fsp3) is 0.471. The molecule has 24 heavy (non-hydrogen) atoms. The molecule has 7 nitrogen and oxygen atoms in total. The molecule has 2 amide bonds. The molecular weight excluding hydrogens is 308 g/mol. The molecule has 0 aliphatic heterocycles. The summed E-state index contributed by atoms with van der Waals surface area (Å²) in [6.07, 6.45) is 3.98. The summed E-state index contributed by atoms with van der Waals surface area (Å²) in [5, 5.41) is 23.6. The first-order valence-corrected chi connectivity index (χ1v) is 8.27. The molecule has 3 rings (SSSR count). The lowest BCUT2D eigenvalue weighted by molar-refractivity contribution is 0.0501. The van der Waals surface area contributed by atoms with E-state index in [1.807, 2.05) is 30.3 Å². The Hall–Kier alpha value is -2.41. The summed E-state index contributed by atoms with van der Waals surface area (Å²) in [6.45, 7) is 0.679. The summed E-state index contributed by atoms with van der Waals surface area (Å²) in [7, 11) is 0. The number of carbonyl (C=O) groups excluding carboxylic acids is 1. The van der Waals surface area contributed by atoms with Gasteiger partial charge in [0, 0.05) is 25.1 Å². The molecule has 1 saturated carbocycles. The molecular formula is C17H22N4O3. The van der Waals surface area contributed by atoms with Crippen LogP contribution in [0.3, 0.4) is 0 Å². The van der Waals surface area contributed by atoms with E-state index in [0.29, 0.717) is 24.7 Å². The Morgan fingerprint density at radius 2 is 1.92 bits per heavy atom. The van der Waals surface area contributed by atoms with Gasteiger partial charge in [-0.2, -0.15) is 0 Å². The van der Waals surface area contributed by atoms with Crippen molar-refractivity contribution in [2.75, 3.05) is 13.1 Å². The van der Waals surface area contributed by atoms with Crippen LogP contribution >= 0.6 is 0 Å². The average Bonchev–Trinajstić information content (AvgIpc) is 3.24. The average molecular weight is 330 g/mol. The smallest absolute Gasteiger partial charge is 0.314 e. The first-order valence-electron chi connectivity index (χ1n) is 8.27. The Kier molecular flexibility index (Phi) is 5.10. The predicted octanol–water partition coefficient (Wildman–Crippen LogP) is 1.88. The highest BCUT2D eigenvalue weighted by Gasteiger charge is 2.31. The van der Waals surface area contributed by atoms with Gasteiger partial charge in [-0.15, -0.1) is 10.2 Å². The molecule has 1 aliphatic carbocycles. The van der Waals surface area contributed by atoms with Crippen molar-refractivity contribution in [3.63, 3.8) is 0 Å². The third-order valence-electron chi connectivity index (χ3n) is 4.22. The minimum atomic E-state index is -0.742. The van der Waals surface area contributed by atoms with E-state index in [0.717, 1.165) is 31.2 Å². The van der Waals surface area contributed by atoms with Gasteiger partial charge in [0.1, 0.15) is 0 Å². The van der Waals surface area contributed by atoms with E-state index in [1.165, 1.54) is 0 Å². The predicted molar refractivity (Wildman–Crippen MR) is 88.3 cm³/mol. The number of hydrogen-bond donors (Lipinski definition) is 3. The minimum Gasteiger partial charge on any atom is -0.421 e. The van der Waals surface area contributed by atoms with Crippen molar-refractivity contribution in [2.24, 2.45) is 0 Å². The van der Waals surface area contributed by atoms with Crippen molar-refractivity contribution in [3.05, 3.63) is 36.2 Å². The molecule has 1 aromatic heterocycles. The van der Waals surface area contributed by atoms with Crippen molar-refractivity contribution >= 4 is 6.03 Å². The Balaban J connectivity index is 1.40. The lowest BCUT2D eigenvalue weighted by Gasteiger charge is -2.22. The number of benzene rings is 1.